The molecule has 27 heavy (non-hydrogen) atoms. The summed E-state index contributed by atoms with van der Waals surface area (Å²) in [6.45, 7) is 2.77. The number of aromatic nitrogens is 4. The van der Waals surface area contributed by atoms with Gasteiger partial charge in [0, 0.05) is 36.0 Å². The van der Waals surface area contributed by atoms with Gasteiger partial charge in [0.15, 0.2) is 5.82 Å². The van der Waals surface area contributed by atoms with Gasteiger partial charge in [-0.2, -0.15) is 5.10 Å². The van der Waals surface area contributed by atoms with E-state index in [9.17, 15) is 4.79 Å². The molecule has 2 heterocycles. The maximum Gasteiger partial charge on any atom is 0.252 e. The fourth-order valence-electron chi connectivity index (χ4n) is 2.43. The SMILES string of the molecule is COc1ccc(Br)c(C(=O)NCCNc2cc(-n3cccn3)nc(C)n2)c1. The van der Waals surface area contributed by atoms with Crippen LogP contribution < -0.4 is 15.4 Å². The van der Waals surface area contributed by atoms with Gasteiger partial charge in [-0.3, -0.25) is 4.79 Å². The lowest BCUT2D eigenvalue weighted by atomic mass is 10.2. The number of aryl methyl sites for hydroxylation is 1. The standard InChI is InChI=1S/C18H19BrN6O2/c1-12-23-16(11-17(24-12)25-9-3-6-22-25)20-7-8-21-18(26)14-10-13(27-2)4-5-15(14)19/h3-6,9-11H,7-8H2,1-2H3,(H,21,26)(H,20,23,24). The number of halogens is 1. The Bertz CT molecular complexity index is 930. The Balaban J connectivity index is 1.57. The first-order valence-corrected chi connectivity index (χ1v) is 9.07. The van der Waals surface area contributed by atoms with E-state index in [1.165, 1.54) is 0 Å². The van der Waals surface area contributed by atoms with Gasteiger partial charge in [0.1, 0.15) is 17.4 Å². The highest BCUT2D eigenvalue weighted by Crippen LogP contribution is 2.22. The Morgan fingerprint density at radius 2 is 2.11 bits per heavy atom. The van der Waals surface area contributed by atoms with Crippen LogP contribution in [0.25, 0.3) is 5.82 Å². The summed E-state index contributed by atoms with van der Waals surface area (Å²) in [4.78, 5) is 21.1. The van der Waals surface area contributed by atoms with Crippen LogP contribution in [0.2, 0.25) is 0 Å². The molecule has 0 atom stereocenters. The molecule has 0 aliphatic rings. The summed E-state index contributed by atoms with van der Waals surface area (Å²) < 4.78 is 7.54. The minimum Gasteiger partial charge on any atom is -0.497 e. The first-order chi connectivity index (χ1) is 13.1. The van der Waals surface area contributed by atoms with Crippen molar-refractivity contribution in [2.45, 2.75) is 6.92 Å². The second-order valence-electron chi connectivity index (χ2n) is 5.64. The number of nitrogens with zero attached hydrogens (tertiary/aromatic N) is 4. The summed E-state index contributed by atoms with van der Waals surface area (Å²) in [7, 11) is 1.57. The van der Waals surface area contributed by atoms with E-state index in [0.717, 1.165) is 0 Å². The van der Waals surface area contributed by atoms with Crippen LogP contribution in [0.1, 0.15) is 16.2 Å². The fraction of sp³-hybridized carbons (Fsp3) is 0.222. The van der Waals surface area contributed by atoms with Crippen molar-refractivity contribution in [1.82, 2.24) is 25.1 Å². The summed E-state index contributed by atoms with van der Waals surface area (Å²) in [5, 5.41) is 10.2. The van der Waals surface area contributed by atoms with Gasteiger partial charge in [-0.1, -0.05) is 0 Å². The quantitative estimate of drug-likeness (QED) is 0.559. The highest BCUT2D eigenvalue weighted by molar-refractivity contribution is 9.10. The molecule has 1 aromatic carbocycles. The van der Waals surface area contributed by atoms with E-state index in [1.54, 1.807) is 42.3 Å². The van der Waals surface area contributed by atoms with Gasteiger partial charge in [0.25, 0.3) is 5.91 Å². The Kier molecular flexibility index (Phi) is 6.02. The highest BCUT2D eigenvalue weighted by atomic mass is 79.9. The highest BCUT2D eigenvalue weighted by Gasteiger charge is 2.11. The van der Waals surface area contributed by atoms with E-state index in [1.807, 2.05) is 19.2 Å². The number of methoxy groups -OCH3 is 1. The number of carbonyl (C=O) groups is 1. The van der Waals surface area contributed by atoms with Crippen molar-refractivity contribution in [1.29, 1.82) is 0 Å². The molecule has 3 aromatic rings. The lowest BCUT2D eigenvalue weighted by Crippen LogP contribution is -2.29. The third-order valence-corrected chi connectivity index (χ3v) is 4.39. The average molecular weight is 431 g/mol. The molecular weight excluding hydrogens is 412 g/mol. The average Bonchev–Trinajstić information content (AvgIpc) is 3.20. The molecule has 3 rings (SSSR count). The molecule has 0 saturated heterocycles. The fourth-order valence-corrected chi connectivity index (χ4v) is 2.86. The maximum absolute atomic E-state index is 12.3. The zero-order valence-electron chi connectivity index (χ0n) is 14.9. The van der Waals surface area contributed by atoms with Gasteiger partial charge in [-0.05, 0) is 47.1 Å². The molecule has 2 N–H and O–H groups in total. The van der Waals surface area contributed by atoms with Crippen LogP contribution in [0.5, 0.6) is 5.75 Å². The number of benzene rings is 1. The first-order valence-electron chi connectivity index (χ1n) is 8.28. The predicted octanol–water partition coefficient (Wildman–Crippen LogP) is 2.58. The number of amides is 1. The molecule has 9 heteroatoms. The summed E-state index contributed by atoms with van der Waals surface area (Å²) in [6.07, 6.45) is 3.51. The van der Waals surface area contributed by atoms with E-state index in [0.29, 0.717) is 46.3 Å². The molecule has 0 saturated carbocycles. The van der Waals surface area contributed by atoms with Crippen LogP contribution in [-0.4, -0.2) is 45.9 Å². The molecule has 1 amide bonds. The number of hydrogen-bond donors (Lipinski definition) is 2. The van der Waals surface area contributed by atoms with Crippen molar-refractivity contribution in [3.63, 3.8) is 0 Å². The summed E-state index contributed by atoms with van der Waals surface area (Å²) >= 11 is 3.38. The Hall–Kier alpha value is -2.94. The molecule has 0 aliphatic heterocycles. The second kappa shape index (κ2) is 8.63. The van der Waals surface area contributed by atoms with Gasteiger partial charge in [-0.25, -0.2) is 14.6 Å². The predicted molar refractivity (Wildman–Crippen MR) is 105 cm³/mol. The van der Waals surface area contributed by atoms with Gasteiger partial charge in [0.05, 0.1) is 12.7 Å². The lowest BCUT2D eigenvalue weighted by molar-refractivity contribution is 0.0954. The third kappa shape index (κ3) is 4.82. The molecule has 0 fully saturated rings. The van der Waals surface area contributed by atoms with Crippen LogP contribution in [0, 0.1) is 6.92 Å². The van der Waals surface area contributed by atoms with E-state index < -0.39 is 0 Å². The van der Waals surface area contributed by atoms with E-state index >= 15 is 0 Å². The second-order valence-corrected chi connectivity index (χ2v) is 6.49. The number of rotatable bonds is 7. The first kappa shape index (κ1) is 18.8. The Labute approximate surface area is 165 Å². The molecule has 2 aromatic heterocycles. The molecule has 140 valence electrons. The maximum atomic E-state index is 12.3. The van der Waals surface area contributed by atoms with Crippen molar-refractivity contribution < 1.29 is 9.53 Å². The van der Waals surface area contributed by atoms with Crippen LogP contribution in [0.15, 0.2) is 47.2 Å². The Morgan fingerprint density at radius 3 is 2.85 bits per heavy atom. The number of anilines is 1. The van der Waals surface area contributed by atoms with Crippen LogP contribution in [0.3, 0.4) is 0 Å². The molecular formula is C18H19BrN6O2. The number of ether oxygens (including phenoxy) is 1. The molecule has 0 bridgehead atoms. The van der Waals surface area contributed by atoms with Gasteiger partial charge in [-0.15, -0.1) is 0 Å². The van der Waals surface area contributed by atoms with Crippen LogP contribution in [-0.2, 0) is 0 Å². The Morgan fingerprint density at radius 1 is 1.26 bits per heavy atom. The summed E-state index contributed by atoms with van der Waals surface area (Å²) in [5.41, 5.74) is 0.521. The minimum absolute atomic E-state index is 0.182. The smallest absolute Gasteiger partial charge is 0.252 e. The van der Waals surface area contributed by atoms with Gasteiger partial charge in [0.2, 0.25) is 0 Å². The van der Waals surface area contributed by atoms with E-state index in [2.05, 4.69) is 41.6 Å². The number of nitrogens with one attached hydrogen (secondary N) is 2. The molecule has 0 radical (unpaired) electrons. The minimum atomic E-state index is -0.182. The lowest BCUT2D eigenvalue weighted by Gasteiger charge is -2.11. The van der Waals surface area contributed by atoms with Crippen molar-refractivity contribution in [2.75, 3.05) is 25.5 Å². The topological polar surface area (TPSA) is 94.0 Å². The zero-order valence-corrected chi connectivity index (χ0v) is 16.5. The summed E-state index contributed by atoms with van der Waals surface area (Å²) in [6, 6.07) is 8.90. The van der Waals surface area contributed by atoms with Crippen LogP contribution in [0.4, 0.5) is 5.82 Å². The van der Waals surface area contributed by atoms with Gasteiger partial charge >= 0.3 is 0 Å². The molecule has 8 nitrogen and oxygen atoms in total. The third-order valence-electron chi connectivity index (χ3n) is 3.70. The monoisotopic (exact) mass is 430 g/mol. The molecule has 0 spiro atoms. The van der Waals surface area contributed by atoms with E-state index in [-0.39, 0.29) is 5.91 Å². The van der Waals surface area contributed by atoms with Crippen LogP contribution >= 0.6 is 15.9 Å². The summed E-state index contributed by atoms with van der Waals surface area (Å²) in [5.74, 6) is 2.43. The van der Waals surface area contributed by atoms with Crippen molar-refractivity contribution in [3.8, 4) is 11.6 Å². The van der Waals surface area contributed by atoms with Crippen molar-refractivity contribution in [3.05, 3.63) is 58.6 Å². The molecule has 0 aliphatic carbocycles. The number of carbonyl (C=O) groups excluding carboxylic acids is 1. The largest absolute Gasteiger partial charge is 0.497 e. The zero-order chi connectivity index (χ0) is 19.2. The molecule has 0 unspecified atom stereocenters. The van der Waals surface area contributed by atoms with Gasteiger partial charge < -0.3 is 15.4 Å². The van der Waals surface area contributed by atoms with Crippen molar-refractivity contribution in [2.24, 2.45) is 0 Å². The normalized spacial score (nSPS) is 10.5. The van der Waals surface area contributed by atoms with Crippen molar-refractivity contribution >= 4 is 27.7 Å². The van der Waals surface area contributed by atoms with E-state index in [4.69, 9.17) is 4.74 Å². The number of hydrogen-bond acceptors (Lipinski definition) is 6.